The summed E-state index contributed by atoms with van der Waals surface area (Å²) < 4.78 is 8.63. The van der Waals surface area contributed by atoms with Crippen LogP contribution in [0.5, 0.6) is 0 Å². The van der Waals surface area contributed by atoms with Crippen molar-refractivity contribution in [2.24, 2.45) is 0 Å². The van der Waals surface area contributed by atoms with E-state index in [0.29, 0.717) is 5.56 Å². The number of hydrogen-bond donors (Lipinski definition) is 0. The number of rotatable bonds is 7. The maximum absolute atomic E-state index is 11.1. The van der Waals surface area contributed by atoms with Crippen molar-refractivity contribution in [3.05, 3.63) is 34.7 Å². The first-order chi connectivity index (χ1) is 10.8. The number of aryl methyl sites for hydroxylation is 1. The predicted octanol–water partition coefficient (Wildman–Crippen LogP) is 5.36. The van der Waals surface area contributed by atoms with Crippen molar-refractivity contribution in [1.29, 1.82) is 0 Å². The first kappa shape index (κ1) is 15.3. The molecule has 0 N–H and O–H groups in total. The molecule has 0 bridgehead atoms. The second kappa shape index (κ2) is 7.11. The number of thiophene rings is 1. The zero-order valence-corrected chi connectivity index (χ0v) is 14.2. The van der Waals surface area contributed by atoms with Crippen molar-refractivity contribution in [2.75, 3.05) is 0 Å². The number of unbranched alkanes of at least 4 members (excludes halogenated alkanes) is 3. The summed E-state index contributed by atoms with van der Waals surface area (Å²) in [7, 11) is 0. The summed E-state index contributed by atoms with van der Waals surface area (Å²) in [5.41, 5.74) is 4.65. The lowest BCUT2D eigenvalue weighted by Crippen LogP contribution is -1.85. The number of aromatic nitrogens is 2. The van der Waals surface area contributed by atoms with Crippen LogP contribution in [-0.4, -0.2) is 15.0 Å². The highest BCUT2D eigenvalue weighted by molar-refractivity contribution is 7.13. The van der Waals surface area contributed by atoms with E-state index in [2.05, 4.69) is 27.1 Å². The fourth-order valence-electron chi connectivity index (χ4n) is 2.58. The zero-order valence-electron chi connectivity index (χ0n) is 12.5. The molecule has 0 aliphatic heterocycles. The highest BCUT2D eigenvalue weighted by atomic mass is 32.1. The Balaban J connectivity index is 1.84. The molecule has 0 amide bonds. The Hall–Kier alpha value is -1.59. The van der Waals surface area contributed by atoms with E-state index in [1.54, 1.807) is 11.3 Å². The zero-order chi connectivity index (χ0) is 15.4. The van der Waals surface area contributed by atoms with Crippen LogP contribution in [0.4, 0.5) is 0 Å². The number of aldehydes is 1. The van der Waals surface area contributed by atoms with Crippen LogP contribution in [0.2, 0.25) is 0 Å². The lowest BCUT2D eigenvalue weighted by atomic mass is 10.1. The first-order valence-electron chi connectivity index (χ1n) is 7.61. The molecule has 0 spiro atoms. The third-order valence-corrected chi connectivity index (χ3v) is 5.35. The molecule has 0 saturated carbocycles. The van der Waals surface area contributed by atoms with E-state index in [4.69, 9.17) is 0 Å². The van der Waals surface area contributed by atoms with Crippen LogP contribution in [0.1, 0.15) is 48.5 Å². The van der Waals surface area contributed by atoms with Crippen LogP contribution in [-0.2, 0) is 6.42 Å². The van der Waals surface area contributed by atoms with Crippen LogP contribution < -0.4 is 0 Å². The van der Waals surface area contributed by atoms with Gasteiger partial charge in [-0.1, -0.05) is 32.3 Å². The molecule has 0 radical (unpaired) electrons. The summed E-state index contributed by atoms with van der Waals surface area (Å²) >= 11 is 2.91. The van der Waals surface area contributed by atoms with Gasteiger partial charge in [-0.05, 0) is 35.9 Å². The molecule has 0 saturated heterocycles. The maximum atomic E-state index is 11.1. The molecule has 0 aliphatic carbocycles. The van der Waals surface area contributed by atoms with Crippen LogP contribution in [0.25, 0.3) is 21.5 Å². The smallest absolute Gasteiger partial charge is 0.152 e. The van der Waals surface area contributed by atoms with E-state index in [1.165, 1.54) is 36.1 Å². The SMILES string of the molecule is CCCCCCc1csc(-c2ccc(C=O)c3nsnc23)c1. The summed E-state index contributed by atoms with van der Waals surface area (Å²) in [5, 5.41) is 2.24. The molecule has 1 aromatic carbocycles. The molecular formula is C17H18N2OS2. The van der Waals surface area contributed by atoms with Crippen LogP contribution in [0, 0.1) is 0 Å². The van der Waals surface area contributed by atoms with E-state index in [1.807, 2.05) is 12.1 Å². The lowest BCUT2D eigenvalue weighted by molar-refractivity contribution is 0.112. The topological polar surface area (TPSA) is 42.9 Å². The second-order valence-electron chi connectivity index (χ2n) is 5.41. The molecule has 0 aliphatic rings. The standard InChI is InChI=1S/C17H18N2OS2/c1-2-3-4-5-6-12-9-15(21-11-12)14-8-7-13(10-20)16-17(14)19-22-18-16/h7-11H,2-6H2,1H3. The molecule has 0 fully saturated rings. The van der Waals surface area contributed by atoms with Crippen LogP contribution in [0.3, 0.4) is 0 Å². The number of nitrogens with zero attached hydrogens (tertiary/aromatic N) is 2. The number of carbonyl (C=O) groups excluding carboxylic acids is 1. The molecule has 0 atom stereocenters. The van der Waals surface area contributed by atoms with Crippen LogP contribution in [0.15, 0.2) is 23.6 Å². The normalized spacial score (nSPS) is 11.1. The van der Waals surface area contributed by atoms with E-state index in [-0.39, 0.29) is 0 Å². The monoisotopic (exact) mass is 330 g/mol. The third-order valence-electron chi connectivity index (χ3n) is 3.81. The minimum absolute atomic E-state index is 0.615. The lowest BCUT2D eigenvalue weighted by Gasteiger charge is -2.00. The fraction of sp³-hybridized carbons (Fsp3) is 0.353. The van der Waals surface area contributed by atoms with Crippen molar-refractivity contribution in [3.63, 3.8) is 0 Å². The predicted molar refractivity (Wildman–Crippen MR) is 94.0 cm³/mol. The van der Waals surface area contributed by atoms with Gasteiger partial charge in [-0.25, -0.2) is 0 Å². The van der Waals surface area contributed by atoms with Gasteiger partial charge in [-0.15, -0.1) is 11.3 Å². The van der Waals surface area contributed by atoms with Crippen molar-refractivity contribution < 1.29 is 4.79 Å². The van der Waals surface area contributed by atoms with Gasteiger partial charge in [0.2, 0.25) is 0 Å². The van der Waals surface area contributed by atoms with E-state index in [0.717, 1.165) is 41.0 Å². The Morgan fingerprint density at radius 2 is 2.00 bits per heavy atom. The second-order valence-corrected chi connectivity index (χ2v) is 6.85. The largest absolute Gasteiger partial charge is 0.298 e. The summed E-state index contributed by atoms with van der Waals surface area (Å²) in [4.78, 5) is 12.3. The van der Waals surface area contributed by atoms with Crippen molar-refractivity contribution in [2.45, 2.75) is 39.0 Å². The molecule has 3 nitrogen and oxygen atoms in total. The molecule has 114 valence electrons. The summed E-state index contributed by atoms with van der Waals surface area (Å²) in [6.07, 6.45) is 7.13. The number of carbonyl (C=O) groups is 1. The van der Waals surface area contributed by atoms with Gasteiger partial charge in [0.1, 0.15) is 11.0 Å². The Kier molecular flexibility index (Phi) is 4.95. The van der Waals surface area contributed by atoms with E-state index in [9.17, 15) is 4.79 Å². The average molecular weight is 330 g/mol. The Morgan fingerprint density at radius 1 is 1.14 bits per heavy atom. The minimum Gasteiger partial charge on any atom is -0.298 e. The van der Waals surface area contributed by atoms with Gasteiger partial charge in [-0.3, -0.25) is 4.79 Å². The maximum Gasteiger partial charge on any atom is 0.152 e. The van der Waals surface area contributed by atoms with E-state index >= 15 is 0 Å². The van der Waals surface area contributed by atoms with Gasteiger partial charge < -0.3 is 0 Å². The number of fused-ring (bicyclic) bond motifs is 1. The van der Waals surface area contributed by atoms with Crippen molar-refractivity contribution >= 4 is 40.4 Å². The molecule has 2 heterocycles. The molecule has 0 unspecified atom stereocenters. The Morgan fingerprint density at radius 3 is 2.82 bits per heavy atom. The third kappa shape index (κ3) is 3.10. The van der Waals surface area contributed by atoms with Gasteiger partial charge in [-0.2, -0.15) is 8.75 Å². The Labute approximate surface area is 138 Å². The Bertz CT molecular complexity index is 776. The first-order valence-corrected chi connectivity index (χ1v) is 9.22. The van der Waals surface area contributed by atoms with Gasteiger partial charge in [0.05, 0.1) is 11.7 Å². The number of benzene rings is 1. The van der Waals surface area contributed by atoms with Gasteiger partial charge in [0, 0.05) is 16.0 Å². The summed E-state index contributed by atoms with van der Waals surface area (Å²) in [6.45, 7) is 2.23. The quantitative estimate of drug-likeness (QED) is 0.433. The average Bonchev–Trinajstić information content (AvgIpc) is 3.20. The molecule has 2 aromatic heterocycles. The van der Waals surface area contributed by atoms with Gasteiger partial charge >= 0.3 is 0 Å². The van der Waals surface area contributed by atoms with Gasteiger partial charge in [0.15, 0.2) is 6.29 Å². The summed E-state index contributed by atoms with van der Waals surface area (Å²) in [6, 6.07) is 6.08. The van der Waals surface area contributed by atoms with Crippen molar-refractivity contribution in [1.82, 2.24) is 8.75 Å². The molecule has 3 rings (SSSR count). The molecule has 5 heteroatoms. The molecule has 3 aromatic rings. The van der Waals surface area contributed by atoms with Crippen LogP contribution >= 0.6 is 23.1 Å². The summed E-state index contributed by atoms with van der Waals surface area (Å²) in [5.74, 6) is 0. The highest BCUT2D eigenvalue weighted by Gasteiger charge is 2.13. The fourth-order valence-corrected chi connectivity index (χ4v) is 4.14. The molecular weight excluding hydrogens is 312 g/mol. The van der Waals surface area contributed by atoms with E-state index < -0.39 is 0 Å². The van der Waals surface area contributed by atoms with Crippen molar-refractivity contribution in [3.8, 4) is 10.4 Å². The molecule has 22 heavy (non-hydrogen) atoms. The number of hydrogen-bond acceptors (Lipinski definition) is 5. The minimum atomic E-state index is 0.615. The van der Waals surface area contributed by atoms with Gasteiger partial charge in [0.25, 0.3) is 0 Å². The highest BCUT2D eigenvalue weighted by Crippen LogP contribution is 2.33.